The van der Waals surface area contributed by atoms with E-state index in [4.69, 9.17) is 0 Å². The molecule has 32 heavy (non-hydrogen) atoms. The van der Waals surface area contributed by atoms with Crippen molar-refractivity contribution in [2.75, 3.05) is 18.0 Å². The zero-order valence-corrected chi connectivity index (χ0v) is 18.7. The molecule has 2 aromatic carbocycles. The number of benzene rings is 2. The van der Waals surface area contributed by atoms with Crippen molar-refractivity contribution >= 4 is 5.69 Å². The van der Waals surface area contributed by atoms with Crippen molar-refractivity contribution in [2.24, 2.45) is 0 Å². The number of rotatable bonds is 11. The Bertz CT molecular complexity index is 887. The number of hydrogen-bond acceptors (Lipinski definition) is 1. The standard InChI is InChI=1S/C26H30F5N/c1-3-5-7-9-17-32(18-10-8-6-4-2)20-14-11-19(12-15-20)13-16-21-22(27)24(29)26(31)25(30)23(21)28/h11-12,14-15H,3-10,17-18H2,1-2H3. The van der Waals surface area contributed by atoms with E-state index in [0.717, 1.165) is 31.6 Å². The van der Waals surface area contributed by atoms with Crippen LogP contribution in [0, 0.1) is 40.9 Å². The molecule has 0 radical (unpaired) electrons. The smallest absolute Gasteiger partial charge is 0.200 e. The summed E-state index contributed by atoms with van der Waals surface area (Å²) in [7, 11) is 0. The van der Waals surface area contributed by atoms with E-state index >= 15 is 0 Å². The first-order valence-electron chi connectivity index (χ1n) is 11.3. The Morgan fingerprint density at radius 3 is 1.53 bits per heavy atom. The first-order valence-corrected chi connectivity index (χ1v) is 11.3. The maximum Gasteiger partial charge on any atom is 0.200 e. The number of anilines is 1. The van der Waals surface area contributed by atoms with E-state index < -0.39 is 34.6 Å². The normalized spacial score (nSPS) is 10.7. The minimum atomic E-state index is -2.19. The zero-order valence-electron chi connectivity index (χ0n) is 18.7. The van der Waals surface area contributed by atoms with E-state index in [1.807, 2.05) is 12.1 Å². The molecule has 0 heterocycles. The van der Waals surface area contributed by atoms with Gasteiger partial charge in [0.05, 0.1) is 0 Å². The monoisotopic (exact) mass is 451 g/mol. The summed E-state index contributed by atoms with van der Waals surface area (Å²) in [5.41, 5.74) is 0.327. The van der Waals surface area contributed by atoms with Gasteiger partial charge < -0.3 is 4.90 Å². The van der Waals surface area contributed by atoms with Crippen LogP contribution in [0.3, 0.4) is 0 Å². The van der Waals surface area contributed by atoms with Gasteiger partial charge in [0.15, 0.2) is 23.3 Å². The van der Waals surface area contributed by atoms with Crippen molar-refractivity contribution in [1.82, 2.24) is 0 Å². The van der Waals surface area contributed by atoms with Gasteiger partial charge in [0, 0.05) is 24.3 Å². The second kappa shape index (κ2) is 13.1. The van der Waals surface area contributed by atoms with Gasteiger partial charge in [-0.3, -0.25) is 0 Å². The predicted octanol–water partition coefficient (Wildman–Crippen LogP) is 7.75. The molecule has 0 bridgehead atoms. The molecule has 6 heteroatoms. The largest absolute Gasteiger partial charge is 0.372 e. The van der Waals surface area contributed by atoms with E-state index in [2.05, 4.69) is 30.6 Å². The molecule has 0 aliphatic carbocycles. The van der Waals surface area contributed by atoms with Crippen LogP contribution in [0.1, 0.15) is 76.3 Å². The maximum absolute atomic E-state index is 13.8. The van der Waals surface area contributed by atoms with Crippen LogP contribution in [-0.2, 0) is 0 Å². The number of nitrogens with zero attached hydrogens (tertiary/aromatic N) is 1. The molecule has 174 valence electrons. The molecule has 0 saturated heterocycles. The zero-order chi connectivity index (χ0) is 23.5. The second-order valence-electron chi connectivity index (χ2n) is 7.85. The van der Waals surface area contributed by atoms with Gasteiger partial charge in [-0.1, -0.05) is 64.2 Å². The van der Waals surface area contributed by atoms with Crippen LogP contribution in [0.2, 0.25) is 0 Å². The summed E-state index contributed by atoms with van der Waals surface area (Å²) >= 11 is 0. The Morgan fingerprint density at radius 2 is 1.06 bits per heavy atom. The molecule has 0 N–H and O–H groups in total. The van der Waals surface area contributed by atoms with Crippen molar-refractivity contribution in [3.63, 3.8) is 0 Å². The Hall–Kier alpha value is -2.55. The summed E-state index contributed by atoms with van der Waals surface area (Å²) in [5.74, 6) is -5.43. The van der Waals surface area contributed by atoms with E-state index in [-0.39, 0.29) is 0 Å². The lowest BCUT2D eigenvalue weighted by molar-refractivity contribution is 0.376. The van der Waals surface area contributed by atoms with Gasteiger partial charge in [-0.15, -0.1) is 0 Å². The van der Waals surface area contributed by atoms with Gasteiger partial charge in [0.1, 0.15) is 5.56 Å². The highest BCUT2D eigenvalue weighted by Gasteiger charge is 2.24. The van der Waals surface area contributed by atoms with Crippen LogP contribution in [0.25, 0.3) is 0 Å². The predicted molar refractivity (Wildman–Crippen MR) is 119 cm³/mol. The van der Waals surface area contributed by atoms with Crippen LogP contribution in [0.15, 0.2) is 24.3 Å². The minimum Gasteiger partial charge on any atom is -0.372 e. The molecule has 0 atom stereocenters. The van der Waals surface area contributed by atoms with Crippen molar-refractivity contribution in [1.29, 1.82) is 0 Å². The Labute approximate surface area is 187 Å². The molecule has 0 amide bonds. The average molecular weight is 452 g/mol. The molecule has 0 spiro atoms. The molecule has 2 rings (SSSR count). The van der Waals surface area contributed by atoms with Crippen LogP contribution in [0.5, 0.6) is 0 Å². The van der Waals surface area contributed by atoms with Gasteiger partial charge >= 0.3 is 0 Å². The van der Waals surface area contributed by atoms with Gasteiger partial charge in [-0.05, 0) is 37.1 Å². The first kappa shape index (κ1) is 25.7. The highest BCUT2D eigenvalue weighted by molar-refractivity contribution is 5.52. The Morgan fingerprint density at radius 1 is 0.594 bits per heavy atom. The van der Waals surface area contributed by atoms with Crippen LogP contribution < -0.4 is 4.90 Å². The highest BCUT2D eigenvalue weighted by Crippen LogP contribution is 2.23. The van der Waals surface area contributed by atoms with Crippen molar-refractivity contribution in [2.45, 2.75) is 65.2 Å². The summed E-state index contributed by atoms with van der Waals surface area (Å²) in [6, 6.07) is 7.14. The molecule has 0 unspecified atom stereocenters. The fraction of sp³-hybridized carbons (Fsp3) is 0.462. The highest BCUT2D eigenvalue weighted by atomic mass is 19.2. The molecular weight excluding hydrogens is 421 g/mol. The van der Waals surface area contributed by atoms with E-state index in [9.17, 15) is 22.0 Å². The lowest BCUT2D eigenvalue weighted by atomic mass is 10.1. The summed E-state index contributed by atoms with van der Waals surface area (Å²) in [6.07, 6.45) is 9.30. The minimum absolute atomic E-state index is 0.426. The van der Waals surface area contributed by atoms with E-state index in [0.29, 0.717) is 5.56 Å². The Kier molecular flexibility index (Phi) is 10.5. The lowest BCUT2D eigenvalue weighted by Gasteiger charge is -2.25. The van der Waals surface area contributed by atoms with Crippen molar-refractivity contribution in [3.8, 4) is 11.8 Å². The SMILES string of the molecule is CCCCCCN(CCCCCC)c1ccc(C#Cc2c(F)c(F)c(F)c(F)c2F)cc1. The van der Waals surface area contributed by atoms with Crippen LogP contribution in [0.4, 0.5) is 27.6 Å². The molecule has 2 aromatic rings. The molecule has 0 aliphatic rings. The Balaban J connectivity index is 2.16. The van der Waals surface area contributed by atoms with Crippen LogP contribution >= 0.6 is 0 Å². The molecular formula is C26H30F5N. The number of unbranched alkanes of at least 4 members (excludes halogenated alkanes) is 6. The summed E-state index contributed by atoms with van der Waals surface area (Å²) in [4.78, 5) is 2.33. The molecule has 0 saturated carbocycles. The third kappa shape index (κ3) is 6.98. The molecule has 1 nitrogen and oxygen atoms in total. The van der Waals surface area contributed by atoms with Crippen molar-refractivity contribution in [3.05, 3.63) is 64.5 Å². The topological polar surface area (TPSA) is 3.24 Å². The van der Waals surface area contributed by atoms with E-state index in [1.165, 1.54) is 38.5 Å². The summed E-state index contributed by atoms with van der Waals surface area (Å²) < 4.78 is 67.4. The van der Waals surface area contributed by atoms with Gasteiger partial charge in [-0.2, -0.15) is 0 Å². The first-order chi connectivity index (χ1) is 15.4. The number of hydrogen-bond donors (Lipinski definition) is 0. The number of halogens is 5. The molecule has 0 fully saturated rings. The van der Waals surface area contributed by atoms with Gasteiger partial charge in [0.25, 0.3) is 0 Å². The van der Waals surface area contributed by atoms with Gasteiger partial charge in [0.2, 0.25) is 5.82 Å². The second-order valence-corrected chi connectivity index (χ2v) is 7.85. The average Bonchev–Trinajstić information content (AvgIpc) is 2.81. The lowest BCUT2D eigenvalue weighted by Crippen LogP contribution is -2.25. The molecule has 0 aromatic heterocycles. The third-order valence-electron chi connectivity index (χ3n) is 5.34. The maximum atomic E-state index is 13.8. The quantitative estimate of drug-likeness (QED) is 0.111. The fourth-order valence-corrected chi connectivity index (χ4v) is 3.43. The van der Waals surface area contributed by atoms with Crippen LogP contribution in [-0.4, -0.2) is 13.1 Å². The summed E-state index contributed by atoms with van der Waals surface area (Å²) in [5, 5.41) is 0. The van der Waals surface area contributed by atoms with E-state index in [1.54, 1.807) is 12.1 Å². The fourth-order valence-electron chi connectivity index (χ4n) is 3.43. The van der Waals surface area contributed by atoms with Gasteiger partial charge in [-0.25, -0.2) is 22.0 Å². The third-order valence-corrected chi connectivity index (χ3v) is 5.34. The molecule has 0 aliphatic heterocycles. The summed E-state index contributed by atoms with van der Waals surface area (Å²) in [6.45, 7) is 6.24. The van der Waals surface area contributed by atoms with Crippen molar-refractivity contribution < 1.29 is 22.0 Å².